The van der Waals surface area contributed by atoms with Gasteiger partial charge in [0.05, 0.1) is 16.1 Å². The average molecular weight is 762 g/mol. The summed E-state index contributed by atoms with van der Waals surface area (Å²) in [5, 5.41) is 5.10. The number of anilines is 3. The number of fused-ring (bicyclic) bond motifs is 6. The Bertz CT molecular complexity index is 3220. The minimum Gasteiger partial charge on any atom is -0.308 e. The minimum absolute atomic E-state index is 1.13. The van der Waals surface area contributed by atoms with E-state index in [1.807, 2.05) is 22.7 Å². The summed E-state index contributed by atoms with van der Waals surface area (Å²) in [5.41, 5.74) is 13.3. The van der Waals surface area contributed by atoms with Crippen LogP contribution in [0.2, 0.25) is 0 Å². The Labute approximate surface area is 340 Å². The predicted octanol–water partition coefficient (Wildman–Crippen LogP) is 16.6. The number of hydrogen-bond donors (Lipinski definition) is 0. The molecule has 1 nitrogen and oxygen atoms in total. The van der Waals surface area contributed by atoms with Crippen molar-refractivity contribution in [1.82, 2.24) is 0 Å². The fraction of sp³-hybridized carbons (Fsp3) is 0. The van der Waals surface area contributed by atoms with Gasteiger partial charge in [0.2, 0.25) is 0 Å². The molecule has 0 aliphatic rings. The summed E-state index contributed by atoms with van der Waals surface area (Å²) in [4.78, 5) is 2.52. The van der Waals surface area contributed by atoms with Crippen molar-refractivity contribution >= 4 is 80.1 Å². The zero-order valence-corrected chi connectivity index (χ0v) is 32.6. The normalized spacial score (nSPS) is 11.5. The Kier molecular flexibility index (Phi) is 8.28. The molecule has 0 bridgehead atoms. The molecule has 11 aromatic rings. The summed E-state index contributed by atoms with van der Waals surface area (Å²) in [6.07, 6.45) is 0. The van der Waals surface area contributed by atoms with Crippen LogP contribution in [0.25, 0.3) is 84.9 Å². The molecule has 0 saturated heterocycles. The summed E-state index contributed by atoms with van der Waals surface area (Å²) in [5.74, 6) is 0. The summed E-state index contributed by atoms with van der Waals surface area (Å²) < 4.78 is 5.13. The lowest BCUT2D eigenvalue weighted by Crippen LogP contribution is -2.10. The number of rotatable bonds is 7. The van der Waals surface area contributed by atoms with Crippen molar-refractivity contribution < 1.29 is 0 Å². The highest BCUT2D eigenvalue weighted by molar-refractivity contribution is 7.27. The van der Waals surface area contributed by atoms with E-state index in [-0.39, 0.29) is 0 Å². The minimum atomic E-state index is 1.13. The van der Waals surface area contributed by atoms with Crippen LogP contribution >= 0.6 is 22.7 Å². The quantitative estimate of drug-likeness (QED) is 0.156. The third-order valence-corrected chi connectivity index (χ3v) is 13.4. The van der Waals surface area contributed by atoms with Crippen LogP contribution in [-0.4, -0.2) is 0 Å². The third-order valence-electron chi connectivity index (χ3n) is 11.1. The smallest absolute Gasteiger partial charge is 0.0640 e. The Morgan fingerprint density at radius 2 is 0.807 bits per heavy atom. The summed E-state index contributed by atoms with van der Waals surface area (Å²) in [6, 6.07) is 77.5. The molecule has 0 spiro atoms. The molecule has 268 valence electrons. The second-order valence-electron chi connectivity index (χ2n) is 14.5. The maximum atomic E-state index is 2.52. The fourth-order valence-corrected chi connectivity index (χ4v) is 10.9. The van der Waals surface area contributed by atoms with Gasteiger partial charge < -0.3 is 4.90 Å². The van der Waals surface area contributed by atoms with Crippen LogP contribution in [0.5, 0.6) is 0 Å². The van der Waals surface area contributed by atoms with Gasteiger partial charge in [-0.3, -0.25) is 0 Å². The molecule has 57 heavy (non-hydrogen) atoms. The van der Waals surface area contributed by atoms with Crippen LogP contribution in [0.1, 0.15) is 0 Å². The fourth-order valence-electron chi connectivity index (χ4n) is 8.34. The summed E-state index contributed by atoms with van der Waals surface area (Å²) in [6.45, 7) is 0. The predicted molar refractivity (Wildman–Crippen MR) is 249 cm³/mol. The van der Waals surface area contributed by atoms with E-state index in [0.29, 0.717) is 0 Å². The zero-order valence-electron chi connectivity index (χ0n) is 31.0. The van der Waals surface area contributed by atoms with E-state index in [1.54, 1.807) is 0 Å². The molecule has 0 aliphatic carbocycles. The van der Waals surface area contributed by atoms with E-state index < -0.39 is 0 Å². The van der Waals surface area contributed by atoms with Crippen molar-refractivity contribution in [2.75, 3.05) is 4.90 Å². The van der Waals surface area contributed by atoms with Gasteiger partial charge in [0, 0.05) is 41.3 Å². The van der Waals surface area contributed by atoms with Crippen molar-refractivity contribution in [1.29, 1.82) is 0 Å². The van der Waals surface area contributed by atoms with Gasteiger partial charge in [0.15, 0.2) is 0 Å². The van der Waals surface area contributed by atoms with Crippen LogP contribution in [0.15, 0.2) is 212 Å². The molecule has 0 N–H and O–H groups in total. The number of nitrogens with zero attached hydrogens (tertiary/aromatic N) is 1. The lowest BCUT2D eigenvalue weighted by molar-refractivity contribution is 1.32. The standard InChI is InChI=1S/C54H35NS2/c1-5-15-36(16-6-1)40-23-13-24-43(33-40)55(49-26-14-25-46-45-29-27-41(34-50(45)56-53(46)49)37-17-7-2-8-18-37)48-32-31-44(39-21-11-4-12-22-39)54-52(48)47-30-28-42(35-51(47)57-54)38-19-9-3-10-20-38/h1-35H. The third kappa shape index (κ3) is 5.91. The first-order valence-corrected chi connectivity index (χ1v) is 21.0. The number of benzene rings is 9. The lowest BCUT2D eigenvalue weighted by atomic mass is 9.98. The van der Waals surface area contributed by atoms with E-state index >= 15 is 0 Å². The van der Waals surface area contributed by atoms with Crippen molar-refractivity contribution in [2.45, 2.75) is 0 Å². The van der Waals surface area contributed by atoms with E-state index in [0.717, 1.165) is 5.69 Å². The van der Waals surface area contributed by atoms with E-state index in [9.17, 15) is 0 Å². The van der Waals surface area contributed by atoms with Gasteiger partial charge in [0.25, 0.3) is 0 Å². The Balaban J connectivity index is 1.20. The topological polar surface area (TPSA) is 3.24 Å². The molecule has 0 saturated carbocycles. The monoisotopic (exact) mass is 761 g/mol. The first-order valence-electron chi connectivity index (χ1n) is 19.3. The van der Waals surface area contributed by atoms with Crippen LogP contribution in [0, 0.1) is 0 Å². The van der Waals surface area contributed by atoms with E-state index in [1.165, 1.54) is 96.2 Å². The van der Waals surface area contributed by atoms with Gasteiger partial charge in [-0.15, -0.1) is 22.7 Å². The second-order valence-corrected chi connectivity index (χ2v) is 16.6. The highest BCUT2D eigenvalue weighted by Gasteiger charge is 2.24. The van der Waals surface area contributed by atoms with Crippen LogP contribution in [0.3, 0.4) is 0 Å². The SMILES string of the molecule is c1ccc(-c2cccc(N(c3cccc4c3sc3cc(-c5ccccc5)ccc34)c3ccc(-c4ccccc4)c4sc5cc(-c6ccccc6)ccc5c34)c2)cc1. The first kappa shape index (κ1) is 33.5. The molecule has 3 heteroatoms. The molecular formula is C54H35NS2. The Morgan fingerprint density at radius 3 is 1.44 bits per heavy atom. The van der Waals surface area contributed by atoms with Crippen molar-refractivity contribution in [3.05, 3.63) is 212 Å². The largest absolute Gasteiger partial charge is 0.308 e. The lowest BCUT2D eigenvalue weighted by Gasteiger charge is -2.28. The Morgan fingerprint density at radius 1 is 0.298 bits per heavy atom. The van der Waals surface area contributed by atoms with Crippen LogP contribution in [0.4, 0.5) is 17.1 Å². The summed E-state index contributed by atoms with van der Waals surface area (Å²) >= 11 is 3.78. The van der Waals surface area contributed by atoms with Gasteiger partial charge in [-0.05, 0) is 80.9 Å². The maximum Gasteiger partial charge on any atom is 0.0640 e. The summed E-state index contributed by atoms with van der Waals surface area (Å²) in [7, 11) is 0. The van der Waals surface area contributed by atoms with Gasteiger partial charge in [0.1, 0.15) is 0 Å². The molecule has 0 fully saturated rings. The molecule has 0 radical (unpaired) electrons. The molecule has 0 amide bonds. The highest BCUT2D eigenvalue weighted by Crippen LogP contribution is 2.51. The number of thiophene rings is 2. The molecule has 0 unspecified atom stereocenters. The Hall–Kier alpha value is -6.78. The van der Waals surface area contributed by atoms with Crippen molar-refractivity contribution in [2.24, 2.45) is 0 Å². The van der Waals surface area contributed by atoms with Crippen LogP contribution in [-0.2, 0) is 0 Å². The van der Waals surface area contributed by atoms with Gasteiger partial charge >= 0.3 is 0 Å². The highest BCUT2D eigenvalue weighted by atomic mass is 32.1. The van der Waals surface area contributed by atoms with E-state index in [4.69, 9.17) is 0 Å². The molecule has 0 atom stereocenters. The zero-order chi connectivity index (χ0) is 37.7. The average Bonchev–Trinajstić information content (AvgIpc) is 3.87. The molecular weight excluding hydrogens is 727 g/mol. The second kappa shape index (κ2) is 14.1. The molecule has 2 aromatic heterocycles. The molecule has 0 aliphatic heterocycles. The van der Waals surface area contributed by atoms with Crippen molar-refractivity contribution in [3.8, 4) is 44.5 Å². The maximum absolute atomic E-state index is 2.52. The van der Waals surface area contributed by atoms with E-state index in [2.05, 4.69) is 217 Å². The van der Waals surface area contributed by atoms with Gasteiger partial charge in [-0.25, -0.2) is 0 Å². The number of hydrogen-bond acceptors (Lipinski definition) is 3. The molecule has 11 rings (SSSR count). The van der Waals surface area contributed by atoms with Gasteiger partial charge in [-0.2, -0.15) is 0 Å². The first-order chi connectivity index (χ1) is 28.3. The van der Waals surface area contributed by atoms with Gasteiger partial charge in [-0.1, -0.05) is 176 Å². The van der Waals surface area contributed by atoms with Crippen LogP contribution < -0.4 is 4.90 Å². The molecule has 2 heterocycles. The van der Waals surface area contributed by atoms with Crippen molar-refractivity contribution in [3.63, 3.8) is 0 Å². The molecule has 9 aromatic carbocycles.